The van der Waals surface area contributed by atoms with Gasteiger partial charge in [-0.1, -0.05) is 0 Å². The molecule has 8 heteroatoms. The van der Waals surface area contributed by atoms with Gasteiger partial charge in [-0.25, -0.2) is 14.8 Å². The van der Waals surface area contributed by atoms with E-state index in [-0.39, 0.29) is 5.56 Å². The van der Waals surface area contributed by atoms with Crippen molar-refractivity contribution in [2.75, 3.05) is 26.6 Å². The van der Waals surface area contributed by atoms with Crippen molar-refractivity contribution in [1.29, 1.82) is 0 Å². The predicted octanol–water partition coefficient (Wildman–Crippen LogP) is 2.97. The summed E-state index contributed by atoms with van der Waals surface area (Å²) < 4.78 is 16.1. The van der Waals surface area contributed by atoms with Gasteiger partial charge in [-0.05, 0) is 18.2 Å². The van der Waals surface area contributed by atoms with Crippen molar-refractivity contribution in [2.45, 2.75) is 6.54 Å². The third-order valence-electron chi connectivity index (χ3n) is 4.13. The lowest BCUT2D eigenvalue weighted by Gasteiger charge is -2.16. The number of nitrogens with zero attached hydrogens (tertiary/aromatic N) is 2. The van der Waals surface area contributed by atoms with Gasteiger partial charge >= 0.3 is 5.97 Å². The molecule has 27 heavy (non-hydrogen) atoms. The van der Waals surface area contributed by atoms with Crippen LogP contribution in [0, 0.1) is 0 Å². The van der Waals surface area contributed by atoms with Crippen molar-refractivity contribution in [3.8, 4) is 17.2 Å². The topological polar surface area (TPSA) is 103 Å². The quantitative estimate of drug-likeness (QED) is 0.655. The van der Waals surface area contributed by atoms with E-state index in [4.69, 9.17) is 14.2 Å². The van der Waals surface area contributed by atoms with Crippen LogP contribution in [0.25, 0.3) is 10.9 Å². The highest BCUT2D eigenvalue weighted by atomic mass is 16.5. The second-order valence-corrected chi connectivity index (χ2v) is 5.62. The minimum atomic E-state index is -1.01. The average molecular weight is 369 g/mol. The van der Waals surface area contributed by atoms with Crippen LogP contribution in [0.2, 0.25) is 0 Å². The highest BCUT2D eigenvalue weighted by Crippen LogP contribution is 2.34. The fourth-order valence-electron chi connectivity index (χ4n) is 2.75. The molecule has 0 unspecified atom stereocenters. The predicted molar refractivity (Wildman–Crippen MR) is 99.9 cm³/mol. The summed E-state index contributed by atoms with van der Waals surface area (Å²) in [6.07, 6.45) is 1.42. The molecule has 8 nitrogen and oxygen atoms in total. The fraction of sp³-hybridized carbons (Fsp3) is 0.211. The van der Waals surface area contributed by atoms with Gasteiger partial charge in [0.05, 0.1) is 38.0 Å². The second-order valence-electron chi connectivity index (χ2n) is 5.62. The van der Waals surface area contributed by atoms with Crippen LogP contribution in [-0.2, 0) is 6.54 Å². The minimum Gasteiger partial charge on any atom is -0.496 e. The Hall–Kier alpha value is -3.55. The van der Waals surface area contributed by atoms with E-state index in [0.717, 1.165) is 5.56 Å². The smallest absolute Gasteiger partial charge is 0.335 e. The van der Waals surface area contributed by atoms with E-state index in [2.05, 4.69) is 15.3 Å². The minimum absolute atomic E-state index is 0.167. The molecule has 0 aliphatic rings. The Bertz CT molecular complexity index is 965. The number of aromatic nitrogens is 2. The first-order valence-corrected chi connectivity index (χ1v) is 8.08. The van der Waals surface area contributed by atoms with Gasteiger partial charge in [-0.2, -0.15) is 0 Å². The Kier molecular flexibility index (Phi) is 5.25. The monoisotopic (exact) mass is 369 g/mol. The van der Waals surface area contributed by atoms with Gasteiger partial charge in [0.2, 0.25) is 0 Å². The van der Waals surface area contributed by atoms with E-state index < -0.39 is 5.97 Å². The zero-order valence-electron chi connectivity index (χ0n) is 15.1. The maximum atomic E-state index is 11.3. The SMILES string of the molecule is COc1cc(OC)c(CNc2ncnc3ccc(C(=O)O)cc23)c(OC)c1. The number of ether oxygens (including phenoxy) is 3. The number of nitrogens with one attached hydrogen (secondary N) is 1. The summed E-state index contributed by atoms with van der Waals surface area (Å²) >= 11 is 0. The third-order valence-corrected chi connectivity index (χ3v) is 4.13. The zero-order valence-corrected chi connectivity index (χ0v) is 15.1. The first kappa shape index (κ1) is 18.2. The molecule has 3 aromatic rings. The van der Waals surface area contributed by atoms with Crippen molar-refractivity contribution in [1.82, 2.24) is 9.97 Å². The van der Waals surface area contributed by atoms with Gasteiger partial charge in [0.15, 0.2) is 0 Å². The molecular formula is C19H19N3O5. The molecular weight excluding hydrogens is 350 g/mol. The first-order valence-electron chi connectivity index (χ1n) is 8.08. The molecule has 2 N–H and O–H groups in total. The highest BCUT2D eigenvalue weighted by Gasteiger charge is 2.15. The molecule has 0 saturated heterocycles. The number of aromatic carboxylic acids is 1. The number of fused-ring (bicyclic) bond motifs is 1. The third kappa shape index (κ3) is 3.69. The van der Waals surface area contributed by atoms with Gasteiger partial charge in [-0.15, -0.1) is 0 Å². The molecule has 1 aromatic heterocycles. The summed E-state index contributed by atoms with van der Waals surface area (Å²) in [5.74, 6) is 1.32. The lowest BCUT2D eigenvalue weighted by Crippen LogP contribution is -2.07. The number of carboxylic acid groups (broad SMARTS) is 1. The van der Waals surface area contributed by atoms with Crippen molar-refractivity contribution in [2.24, 2.45) is 0 Å². The normalized spacial score (nSPS) is 10.5. The largest absolute Gasteiger partial charge is 0.496 e. The number of hydrogen-bond acceptors (Lipinski definition) is 7. The molecule has 0 spiro atoms. The zero-order chi connectivity index (χ0) is 19.4. The maximum absolute atomic E-state index is 11.3. The number of benzene rings is 2. The molecule has 0 bridgehead atoms. The number of anilines is 1. The summed E-state index contributed by atoms with van der Waals surface area (Å²) in [5, 5.41) is 13.0. The first-order chi connectivity index (χ1) is 13.1. The van der Waals surface area contributed by atoms with Gasteiger partial charge in [-0.3, -0.25) is 0 Å². The van der Waals surface area contributed by atoms with E-state index in [1.165, 1.54) is 12.4 Å². The summed E-state index contributed by atoms with van der Waals surface area (Å²) in [6, 6.07) is 8.24. The molecule has 2 aromatic carbocycles. The van der Waals surface area contributed by atoms with Crippen LogP contribution < -0.4 is 19.5 Å². The van der Waals surface area contributed by atoms with Crippen LogP contribution in [0.15, 0.2) is 36.7 Å². The summed E-state index contributed by atoms with van der Waals surface area (Å²) in [4.78, 5) is 19.7. The summed E-state index contributed by atoms with van der Waals surface area (Å²) in [7, 11) is 4.70. The van der Waals surface area contributed by atoms with Crippen LogP contribution in [-0.4, -0.2) is 42.4 Å². The lowest BCUT2D eigenvalue weighted by atomic mass is 10.1. The molecule has 0 aliphatic heterocycles. The van der Waals surface area contributed by atoms with E-state index in [1.54, 1.807) is 45.6 Å². The Morgan fingerprint density at radius 1 is 1.04 bits per heavy atom. The Morgan fingerprint density at radius 2 is 1.74 bits per heavy atom. The molecule has 0 atom stereocenters. The van der Waals surface area contributed by atoms with E-state index in [0.29, 0.717) is 40.5 Å². The molecule has 0 aliphatic carbocycles. The number of carbonyl (C=O) groups is 1. The molecule has 1 heterocycles. The van der Waals surface area contributed by atoms with Crippen LogP contribution in [0.1, 0.15) is 15.9 Å². The number of carboxylic acids is 1. The van der Waals surface area contributed by atoms with Crippen LogP contribution in [0.4, 0.5) is 5.82 Å². The van der Waals surface area contributed by atoms with E-state index in [1.807, 2.05) is 0 Å². The van der Waals surface area contributed by atoms with E-state index >= 15 is 0 Å². The Balaban J connectivity index is 1.97. The van der Waals surface area contributed by atoms with Crippen LogP contribution in [0.5, 0.6) is 17.2 Å². The second kappa shape index (κ2) is 7.77. The van der Waals surface area contributed by atoms with Gasteiger partial charge in [0.1, 0.15) is 29.4 Å². The van der Waals surface area contributed by atoms with E-state index in [9.17, 15) is 9.90 Å². The van der Waals surface area contributed by atoms with Gasteiger partial charge in [0, 0.05) is 24.1 Å². The summed E-state index contributed by atoms with van der Waals surface area (Å²) in [5.41, 5.74) is 1.59. The Labute approximate surface area is 155 Å². The van der Waals surface area contributed by atoms with Crippen molar-refractivity contribution < 1.29 is 24.1 Å². The molecule has 0 amide bonds. The maximum Gasteiger partial charge on any atom is 0.335 e. The van der Waals surface area contributed by atoms with Crippen molar-refractivity contribution in [3.63, 3.8) is 0 Å². The van der Waals surface area contributed by atoms with Crippen molar-refractivity contribution in [3.05, 3.63) is 47.8 Å². The molecule has 0 radical (unpaired) electrons. The fourth-order valence-corrected chi connectivity index (χ4v) is 2.75. The van der Waals surface area contributed by atoms with Gasteiger partial charge < -0.3 is 24.6 Å². The van der Waals surface area contributed by atoms with Crippen LogP contribution >= 0.6 is 0 Å². The number of hydrogen-bond donors (Lipinski definition) is 2. The number of rotatable bonds is 7. The molecule has 0 saturated carbocycles. The molecule has 3 rings (SSSR count). The van der Waals surface area contributed by atoms with Crippen molar-refractivity contribution >= 4 is 22.7 Å². The summed E-state index contributed by atoms with van der Waals surface area (Å²) in [6.45, 7) is 0.347. The highest BCUT2D eigenvalue weighted by molar-refractivity contribution is 5.97. The average Bonchev–Trinajstić information content (AvgIpc) is 2.70. The Morgan fingerprint density at radius 3 is 2.33 bits per heavy atom. The molecule has 140 valence electrons. The van der Waals surface area contributed by atoms with Crippen LogP contribution in [0.3, 0.4) is 0 Å². The van der Waals surface area contributed by atoms with Gasteiger partial charge in [0.25, 0.3) is 0 Å². The molecule has 0 fully saturated rings. The number of methoxy groups -OCH3 is 3. The lowest BCUT2D eigenvalue weighted by molar-refractivity contribution is 0.0697. The standard InChI is InChI=1S/C19H19N3O5/c1-25-12-7-16(26-2)14(17(8-12)27-3)9-20-18-13-6-11(19(23)24)4-5-15(13)21-10-22-18/h4-8,10H,9H2,1-3H3,(H,23,24)(H,20,21,22).